The number of nitrogens with one attached hydrogen (secondary N) is 1. The first-order chi connectivity index (χ1) is 24.1. The first-order valence-electron chi connectivity index (χ1n) is 19.5. The number of esters is 1. The van der Waals surface area contributed by atoms with E-state index in [1.807, 2.05) is 38.7 Å². The van der Waals surface area contributed by atoms with Gasteiger partial charge in [0.2, 0.25) is 0 Å². The molecule has 1 saturated carbocycles. The summed E-state index contributed by atoms with van der Waals surface area (Å²) in [5, 5.41) is 47.1. The van der Waals surface area contributed by atoms with Crippen LogP contribution in [0.1, 0.15) is 112 Å². The summed E-state index contributed by atoms with van der Waals surface area (Å²) in [6, 6.07) is 0.0337. The Kier molecular flexibility index (Phi) is 15.2. The number of allylic oxidation sites excluding steroid dienone is 2. The second-order valence-electron chi connectivity index (χ2n) is 16.2. The molecule has 11 atom stereocenters. The van der Waals surface area contributed by atoms with E-state index in [0.29, 0.717) is 37.4 Å². The Morgan fingerprint density at radius 3 is 2.61 bits per heavy atom. The van der Waals surface area contributed by atoms with Crippen LogP contribution in [0.4, 0.5) is 4.79 Å². The summed E-state index contributed by atoms with van der Waals surface area (Å²) >= 11 is 0. The van der Waals surface area contributed by atoms with Crippen molar-refractivity contribution in [2.45, 2.75) is 166 Å². The third-order valence-electron chi connectivity index (χ3n) is 11.6. The van der Waals surface area contributed by atoms with Crippen LogP contribution < -0.4 is 5.32 Å². The number of aliphatic hydroxyl groups excluding tert-OH is 2. The van der Waals surface area contributed by atoms with Crippen LogP contribution >= 0.6 is 0 Å². The number of hydrogen-bond acceptors (Lipinski definition) is 10. The van der Waals surface area contributed by atoms with E-state index in [1.54, 1.807) is 38.2 Å². The highest BCUT2D eigenvalue weighted by Gasteiger charge is 2.47. The number of piperazine rings is 1. The number of rotatable bonds is 10. The Balaban J connectivity index is 1.49. The lowest BCUT2D eigenvalue weighted by Crippen LogP contribution is -2.57. The topological polar surface area (TPSA) is 161 Å². The van der Waals surface area contributed by atoms with Crippen molar-refractivity contribution in [3.8, 4) is 0 Å². The molecule has 3 fully saturated rings. The summed E-state index contributed by atoms with van der Waals surface area (Å²) in [4.78, 5) is 28.6. The zero-order valence-corrected chi connectivity index (χ0v) is 31.8. The molecule has 51 heavy (non-hydrogen) atoms. The number of cyclic esters (lactones) is 1. The summed E-state index contributed by atoms with van der Waals surface area (Å²) in [7, 11) is 0. The molecule has 4 rings (SSSR count). The van der Waals surface area contributed by atoms with Gasteiger partial charge in [0.15, 0.2) is 6.10 Å². The number of amides is 1. The molecule has 11 heteroatoms. The van der Waals surface area contributed by atoms with Crippen LogP contribution in [-0.4, -0.2) is 111 Å². The molecule has 3 aliphatic heterocycles. The molecule has 0 bridgehead atoms. The highest BCUT2D eigenvalue weighted by Crippen LogP contribution is 2.38. The first kappa shape index (κ1) is 41.5. The molecule has 11 unspecified atom stereocenters. The molecular weight excluding hydrogens is 652 g/mol. The molecule has 290 valence electrons. The lowest BCUT2D eigenvalue weighted by atomic mass is 9.88. The number of epoxide rings is 1. The van der Waals surface area contributed by atoms with E-state index in [4.69, 9.17) is 14.2 Å². The van der Waals surface area contributed by atoms with Crippen molar-refractivity contribution in [1.82, 2.24) is 10.2 Å². The van der Waals surface area contributed by atoms with Gasteiger partial charge in [-0.05, 0) is 70.4 Å². The summed E-state index contributed by atoms with van der Waals surface area (Å²) in [5.41, 5.74) is -1.94. The zero-order chi connectivity index (χ0) is 37.3. The van der Waals surface area contributed by atoms with Gasteiger partial charge in [-0.25, -0.2) is 4.79 Å². The number of aliphatic hydroxyl groups is 4. The fraction of sp³-hybridized carbons (Fsp3) is 0.800. The van der Waals surface area contributed by atoms with E-state index in [-0.39, 0.29) is 49.3 Å². The van der Waals surface area contributed by atoms with Gasteiger partial charge in [0.1, 0.15) is 11.7 Å². The second kappa shape index (κ2) is 18.7. The summed E-state index contributed by atoms with van der Waals surface area (Å²) in [6.07, 6.45) is 12.9. The van der Waals surface area contributed by atoms with E-state index >= 15 is 0 Å². The molecule has 5 N–H and O–H groups in total. The van der Waals surface area contributed by atoms with Crippen LogP contribution in [0, 0.1) is 17.8 Å². The van der Waals surface area contributed by atoms with Gasteiger partial charge in [-0.1, -0.05) is 70.8 Å². The maximum Gasteiger partial charge on any atom is 0.410 e. The highest BCUT2D eigenvalue weighted by atomic mass is 16.6. The Hall–Kier alpha value is -2.28. The maximum atomic E-state index is 13.9. The van der Waals surface area contributed by atoms with Crippen molar-refractivity contribution < 1.29 is 44.2 Å². The third-order valence-corrected chi connectivity index (χ3v) is 11.6. The van der Waals surface area contributed by atoms with Gasteiger partial charge in [-0.2, -0.15) is 0 Å². The van der Waals surface area contributed by atoms with E-state index in [9.17, 15) is 30.0 Å². The van der Waals surface area contributed by atoms with Crippen LogP contribution in [0.15, 0.2) is 36.0 Å². The van der Waals surface area contributed by atoms with Crippen LogP contribution in [0.3, 0.4) is 0 Å². The van der Waals surface area contributed by atoms with Gasteiger partial charge >= 0.3 is 12.1 Å². The van der Waals surface area contributed by atoms with Crippen LogP contribution in [0.25, 0.3) is 0 Å². The highest BCUT2D eigenvalue weighted by molar-refractivity contribution is 5.70. The molecular formula is C40H66N2O9. The Morgan fingerprint density at radius 1 is 1.22 bits per heavy atom. The summed E-state index contributed by atoms with van der Waals surface area (Å²) in [5.74, 6) is -0.537. The fourth-order valence-electron chi connectivity index (χ4n) is 8.05. The monoisotopic (exact) mass is 718 g/mol. The van der Waals surface area contributed by atoms with Gasteiger partial charge in [-0.15, -0.1) is 0 Å². The van der Waals surface area contributed by atoms with E-state index in [1.165, 1.54) is 25.7 Å². The lowest BCUT2D eigenvalue weighted by molar-refractivity contribution is -0.151. The van der Waals surface area contributed by atoms with E-state index < -0.39 is 47.7 Å². The van der Waals surface area contributed by atoms with Gasteiger partial charge < -0.3 is 44.9 Å². The number of ether oxygens (including phenoxy) is 3. The molecule has 1 amide bonds. The first-order valence-corrected chi connectivity index (χ1v) is 19.5. The Bertz CT molecular complexity index is 1220. The summed E-state index contributed by atoms with van der Waals surface area (Å²) in [6.45, 7) is 12.9. The van der Waals surface area contributed by atoms with Gasteiger partial charge in [0.05, 0.1) is 42.5 Å². The standard InChI is InChI=1S/C40H66N2O9/c1-7-32(44)28(4)37-33(49-37)24-39(5,47)19-12-13-26(2)36-27(3)16-17-34(40(6,48)20-18-30(43)23-35(45)51-36)50-38(46)42-22-21-41-25-31(42)29-14-10-8-9-11-15-29/h12-13,16-17,19,27-34,36-37,41,43-44,47-48H,7-11,14-15,18,20-25H2,1-6H3/b17-16+,19-12+,26-13+. The second-order valence-corrected chi connectivity index (χ2v) is 16.2. The van der Waals surface area contributed by atoms with Crippen molar-refractivity contribution in [3.05, 3.63) is 36.0 Å². The third kappa shape index (κ3) is 12.1. The number of nitrogens with zero attached hydrogens (tertiary/aromatic N) is 1. The minimum Gasteiger partial charge on any atom is -0.457 e. The predicted octanol–water partition coefficient (Wildman–Crippen LogP) is 4.95. The van der Waals surface area contributed by atoms with Gasteiger partial charge in [0.25, 0.3) is 0 Å². The largest absolute Gasteiger partial charge is 0.457 e. The average Bonchev–Trinajstić information content (AvgIpc) is 3.89. The minimum atomic E-state index is -1.49. The average molecular weight is 719 g/mol. The van der Waals surface area contributed by atoms with Crippen molar-refractivity contribution in [1.29, 1.82) is 0 Å². The number of carbonyl (C=O) groups excluding carboxylic acids is 2. The number of hydrogen-bond donors (Lipinski definition) is 5. The molecule has 4 aliphatic rings. The lowest BCUT2D eigenvalue weighted by Gasteiger charge is -2.41. The molecule has 2 saturated heterocycles. The smallest absolute Gasteiger partial charge is 0.410 e. The van der Waals surface area contributed by atoms with Crippen LogP contribution in [0.2, 0.25) is 0 Å². The summed E-state index contributed by atoms with van der Waals surface area (Å²) < 4.78 is 17.8. The van der Waals surface area contributed by atoms with Crippen molar-refractivity contribution in [2.24, 2.45) is 17.8 Å². The molecule has 0 aromatic rings. The van der Waals surface area contributed by atoms with Crippen LogP contribution in [0.5, 0.6) is 0 Å². The molecule has 0 aromatic heterocycles. The Morgan fingerprint density at radius 2 is 1.92 bits per heavy atom. The zero-order valence-electron chi connectivity index (χ0n) is 31.8. The van der Waals surface area contributed by atoms with Crippen molar-refractivity contribution >= 4 is 12.1 Å². The van der Waals surface area contributed by atoms with Gasteiger partial charge in [-0.3, -0.25) is 4.79 Å². The fourth-order valence-corrected chi connectivity index (χ4v) is 8.05. The minimum absolute atomic E-state index is 0.0113. The van der Waals surface area contributed by atoms with Crippen LogP contribution in [-0.2, 0) is 19.0 Å². The van der Waals surface area contributed by atoms with Crippen molar-refractivity contribution in [2.75, 3.05) is 19.6 Å². The van der Waals surface area contributed by atoms with Crippen molar-refractivity contribution in [3.63, 3.8) is 0 Å². The molecule has 0 aromatic carbocycles. The Labute approximate surface area is 305 Å². The molecule has 0 spiro atoms. The quantitative estimate of drug-likeness (QED) is 0.0687. The molecule has 1 aliphatic carbocycles. The normalized spacial score (nSPS) is 36.5. The predicted molar refractivity (Wildman–Crippen MR) is 196 cm³/mol. The molecule has 11 nitrogen and oxygen atoms in total. The molecule has 0 radical (unpaired) electrons. The van der Waals surface area contributed by atoms with Gasteiger partial charge in [0, 0.05) is 37.9 Å². The number of carbonyl (C=O) groups is 2. The van der Waals surface area contributed by atoms with E-state index in [2.05, 4.69) is 5.32 Å². The SMILES string of the molecule is CCC(O)C(C)C1OC1CC(C)(O)/C=C/C=C(\C)C1OC(=O)CC(O)CCC(C)(O)C(OC(=O)N2CCNCC2C2CCCCCC2)/C=C/C1C. The maximum absolute atomic E-state index is 13.9. The molecule has 3 heterocycles. The van der Waals surface area contributed by atoms with E-state index in [0.717, 1.165) is 19.4 Å².